The lowest BCUT2D eigenvalue weighted by Crippen LogP contribution is -2.14. The molecule has 0 bridgehead atoms. The minimum atomic E-state index is -1.64. The van der Waals surface area contributed by atoms with Crippen molar-refractivity contribution >= 4 is 17.3 Å². The van der Waals surface area contributed by atoms with E-state index in [-0.39, 0.29) is 22.5 Å². The highest BCUT2D eigenvalue weighted by Gasteiger charge is 2.15. The number of hydrogen-bond donors (Lipinski definition) is 2. The van der Waals surface area contributed by atoms with Crippen LogP contribution in [0.1, 0.15) is 15.9 Å². The molecule has 1 amide bonds. The van der Waals surface area contributed by atoms with E-state index >= 15 is 0 Å². The van der Waals surface area contributed by atoms with Crippen LogP contribution in [0, 0.1) is 30.2 Å². The molecule has 0 spiro atoms. The molecule has 3 nitrogen and oxygen atoms in total. The van der Waals surface area contributed by atoms with Gasteiger partial charge in [-0.15, -0.1) is 0 Å². The van der Waals surface area contributed by atoms with Crippen molar-refractivity contribution in [1.82, 2.24) is 0 Å². The molecule has 2 aromatic rings. The van der Waals surface area contributed by atoms with Gasteiger partial charge in [-0.3, -0.25) is 4.79 Å². The zero-order valence-corrected chi connectivity index (χ0v) is 10.8. The summed E-state index contributed by atoms with van der Waals surface area (Å²) in [6.45, 7) is 1.44. The number of anilines is 2. The number of nitrogens with one attached hydrogen (secondary N) is 1. The highest BCUT2D eigenvalue weighted by molar-refractivity contribution is 6.04. The zero-order valence-electron chi connectivity index (χ0n) is 10.8. The fourth-order valence-corrected chi connectivity index (χ4v) is 1.66. The molecule has 0 aromatic heterocycles. The van der Waals surface area contributed by atoms with Crippen molar-refractivity contribution in [3.05, 3.63) is 58.7 Å². The third kappa shape index (κ3) is 2.96. The maximum atomic E-state index is 13.5. The summed E-state index contributed by atoms with van der Waals surface area (Å²) >= 11 is 0. The third-order valence-electron chi connectivity index (χ3n) is 2.89. The van der Waals surface area contributed by atoms with Gasteiger partial charge in [-0.2, -0.15) is 0 Å². The standard InChI is InChI=1S/C14H10F4N2O/c1-6-9(15)2-7(3-12(6)19)14(21)20-8-4-10(16)13(18)11(17)5-8/h2-5H,19H2,1H3,(H,20,21). The van der Waals surface area contributed by atoms with Crippen LogP contribution in [0.5, 0.6) is 0 Å². The third-order valence-corrected chi connectivity index (χ3v) is 2.89. The topological polar surface area (TPSA) is 55.1 Å². The zero-order chi connectivity index (χ0) is 15.7. The van der Waals surface area contributed by atoms with Crippen molar-refractivity contribution in [2.75, 3.05) is 11.1 Å². The van der Waals surface area contributed by atoms with E-state index in [1.54, 1.807) is 0 Å². The Bertz CT molecular complexity index is 685. The van der Waals surface area contributed by atoms with Crippen molar-refractivity contribution in [1.29, 1.82) is 0 Å². The summed E-state index contributed by atoms with van der Waals surface area (Å²) in [5, 5.41) is 2.13. The summed E-state index contributed by atoms with van der Waals surface area (Å²) in [5.74, 6) is -6.04. The monoisotopic (exact) mass is 298 g/mol. The maximum Gasteiger partial charge on any atom is 0.255 e. The fourth-order valence-electron chi connectivity index (χ4n) is 1.66. The van der Waals surface area contributed by atoms with Crippen LogP contribution in [0.2, 0.25) is 0 Å². The Labute approximate surface area is 117 Å². The fraction of sp³-hybridized carbons (Fsp3) is 0.0714. The van der Waals surface area contributed by atoms with Crippen molar-refractivity contribution in [2.24, 2.45) is 0 Å². The molecule has 7 heteroatoms. The Morgan fingerprint density at radius 3 is 2.10 bits per heavy atom. The van der Waals surface area contributed by atoms with Crippen LogP contribution in [-0.4, -0.2) is 5.91 Å². The lowest BCUT2D eigenvalue weighted by Gasteiger charge is -2.09. The number of halogens is 4. The van der Waals surface area contributed by atoms with Gasteiger partial charge in [-0.1, -0.05) is 0 Å². The Morgan fingerprint density at radius 2 is 1.57 bits per heavy atom. The van der Waals surface area contributed by atoms with Gasteiger partial charge in [0.15, 0.2) is 17.5 Å². The van der Waals surface area contributed by atoms with Crippen molar-refractivity contribution in [3.63, 3.8) is 0 Å². The van der Waals surface area contributed by atoms with Crippen LogP contribution in [0.4, 0.5) is 28.9 Å². The predicted octanol–water partition coefficient (Wildman–Crippen LogP) is 3.39. The van der Waals surface area contributed by atoms with E-state index in [4.69, 9.17) is 5.73 Å². The summed E-state index contributed by atoms with van der Waals surface area (Å²) < 4.78 is 52.3. The first-order valence-electron chi connectivity index (χ1n) is 5.81. The summed E-state index contributed by atoms with van der Waals surface area (Å²) in [5.41, 5.74) is 5.36. The van der Waals surface area contributed by atoms with Crippen LogP contribution in [0.3, 0.4) is 0 Å². The Kier molecular flexibility index (Phi) is 3.84. The molecule has 2 rings (SSSR count). The first-order valence-corrected chi connectivity index (χ1v) is 5.81. The Balaban J connectivity index is 2.30. The molecule has 0 atom stereocenters. The molecule has 0 unspecified atom stereocenters. The highest BCUT2D eigenvalue weighted by Crippen LogP contribution is 2.21. The van der Waals surface area contributed by atoms with E-state index in [2.05, 4.69) is 5.32 Å². The predicted molar refractivity (Wildman–Crippen MR) is 69.8 cm³/mol. The molecule has 0 aliphatic heterocycles. The van der Waals surface area contributed by atoms with E-state index in [1.807, 2.05) is 0 Å². The van der Waals surface area contributed by atoms with Gasteiger partial charge in [0.05, 0.1) is 0 Å². The molecule has 0 saturated heterocycles. The summed E-state index contributed by atoms with van der Waals surface area (Å²) in [4.78, 5) is 11.9. The van der Waals surface area contributed by atoms with Gasteiger partial charge in [0.1, 0.15) is 5.82 Å². The number of benzene rings is 2. The van der Waals surface area contributed by atoms with Crippen LogP contribution < -0.4 is 11.1 Å². The normalized spacial score (nSPS) is 10.5. The van der Waals surface area contributed by atoms with E-state index < -0.39 is 29.2 Å². The first-order chi connectivity index (χ1) is 9.79. The molecule has 21 heavy (non-hydrogen) atoms. The van der Waals surface area contributed by atoms with Crippen molar-refractivity contribution in [2.45, 2.75) is 6.92 Å². The van der Waals surface area contributed by atoms with Crippen LogP contribution >= 0.6 is 0 Å². The van der Waals surface area contributed by atoms with E-state index in [0.29, 0.717) is 12.1 Å². The summed E-state index contributed by atoms with van der Waals surface area (Å²) in [7, 11) is 0. The number of carbonyl (C=O) groups excluding carboxylic acids is 1. The van der Waals surface area contributed by atoms with Gasteiger partial charge in [0.2, 0.25) is 0 Å². The summed E-state index contributed by atoms with van der Waals surface area (Å²) in [6.07, 6.45) is 0. The molecule has 2 aromatic carbocycles. The summed E-state index contributed by atoms with van der Waals surface area (Å²) in [6, 6.07) is 3.40. The number of rotatable bonds is 2. The van der Waals surface area contributed by atoms with Gasteiger partial charge in [-0.05, 0) is 19.1 Å². The minimum Gasteiger partial charge on any atom is -0.398 e. The Hall–Kier alpha value is -2.57. The lowest BCUT2D eigenvalue weighted by molar-refractivity contribution is 0.102. The molecule has 0 saturated carbocycles. The molecule has 0 fully saturated rings. The number of carbonyl (C=O) groups is 1. The molecule has 0 radical (unpaired) electrons. The van der Waals surface area contributed by atoms with Crippen LogP contribution in [0.25, 0.3) is 0 Å². The quantitative estimate of drug-likeness (QED) is 0.507. The lowest BCUT2D eigenvalue weighted by atomic mass is 10.1. The Morgan fingerprint density at radius 1 is 1.00 bits per heavy atom. The SMILES string of the molecule is Cc1c(N)cc(C(=O)Nc2cc(F)c(F)c(F)c2)cc1F. The number of hydrogen-bond acceptors (Lipinski definition) is 2. The highest BCUT2D eigenvalue weighted by atomic mass is 19.2. The van der Waals surface area contributed by atoms with Gasteiger partial charge < -0.3 is 11.1 Å². The van der Waals surface area contributed by atoms with Gasteiger partial charge in [0, 0.05) is 34.6 Å². The second-order valence-corrected chi connectivity index (χ2v) is 4.38. The molecule has 3 N–H and O–H groups in total. The van der Waals surface area contributed by atoms with E-state index in [0.717, 1.165) is 6.07 Å². The molecular weight excluding hydrogens is 288 g/mol. The van der Waals surface area contributed by atoms with Gasteiger partial charge in [-0.25, -0.2) is 17.6 Å². The van der Waals surface area contributed by atoms with Crippen molar-refractivity contribution in [3.8, 4) is 0 Å². The second kappa shape index (κ2) is 5.43. The smallest absolute Gasteiger partial charge is 0.255 e. The van der Waals surface area contributed by atoms with Crippen LogP contribution in [0.15, 0.2) is 24.3 Å². The minimum absolute atomic E-state index is 0.0663. The molecule has 0 aliphatic carbocycles. The molecular formula is C14H10F4N2O. The van der Waals surface area contributed by atoms with Gasteiger partial charge >= 0.3 is 0 Å². The molecule has 0 aliphatic rings. The van der Waals surface area contributed by atoms with Gasteiger partial charge in [0.25, 0.3) is 5.91 Å². The van der Waals surface area contributed by atoms with Crippen LogP contribution in [-0.2, 0) is 0 Å². The number of amides is 1. The average molecular weight is 298 g/mol. The first kappa shape index (κ1) is 14.8. The second-order valence-electron chi connectivity index (χ2n) is 4.38. The molecule has 110 valence electrons. The number of nitrogen functional groups attached to an aromatic ring is 1. The maximum absolute atomic E-state index is 13.5. The van der Waals surface area contributed by atoms with E-state index in [9.17, 15) is 22.4 Å². The van der Waals surface area contributed by atoms with Crippen molar-refractivity contribution < 1.29 is 22.4 Å². The largest absolute Gasteiger partial charge is 0.398 e. The average Bonchev–Trinajstić information content (AvgIpc) is 2.41. The van der Waals surface area contributed by atoms with E-state index in [1.165, 1.54) is 13.0 Å². The molecule has 0 heterocycles. The number of nitrogens with two attached hydrogens (primary N) is 1.